The molecule has 1 aliphatic heterocycles. The van der Waals surface area contributed by atoms with Crippen LogP contribution in [0.3, 0.4) is 0 Å². The number of carbonyl (C=O) groups excluding carboxylic acids is 1. The summed E-state index contributed by atoms with van der Waals surface area (Å²) in [4.78, 5) is 14.0. The third kappa shape index (κ3) is 2.76. The largest absolute Gasteiger partial charge is 0.370 e. The van der Waals surface area contributed by atoms with Gasteiger partial charge in [0, 0.05) is 12.1 Å². The summed E-state index contributed by atoms with van der Waals surface area (Å²) in [5, 5.41) is 2.92. The normalized spacial score (nSPS) is 16.0. The van der Waals surface area contributed by atoms with Gasteiger partial charge in [0.05, 0.1) is 17.9 Å². The molecule has 1 aliphatic rings. The maximum absolute atomic E-state index is 13.6. The second-order valence-electron chi connectivity index (χ2n) is 6.05. The number of rotatable bonds is 2. The number of carbonyl (C=O) groups is 1. The van der Waals surface area contributed by atoms with E-state index in [0.717, 1.165) is 12.1 Å². The molecule has 6 heteroatoms. The molecule has 23 heavy (non-hydrogen) atoms. The van der Waals surface area contributed by atoms with Crippen molar-refractivity contribution in [3.05, 3.63) is 59.4 Å². The number of hydrogen-bond acceptors (Lipinski definition) is 2. The Balaban J connectivity index is 2.05. The van der Waals surface area contributed by atoms with Gasteiger partial charge in [-0.2, -0.15) is 0 Å². The lowest BCUT2D eigenvalue weighted by Gasteiger charge is -2.40. The molecule has 2 aromatic rings. The summed E-state index contributed by atoms with van der Waals surface area (Å²) in [5.41, 5.74) is 0.332. The highest BCUT2D eigenvalue weighted by Crippen LogP contribution is 2.37. The van der Waals surface area contributed by atoms with Crippen LogP contribution in [0.1, 0.15) is 19.4 Å². The minimum absolute atomic E-state index is 0.141. The van der Waals surface area contributed by atoms with Gasteiger partial charge in [0.2, 0.25) is 0 Å². The maximum atomic E-state index is 13.6. The first-order valence-electron chi connectivity index (χ1n) is 7.11. The molecule has 0 fully saturated rings. The van der Waals surface area contributed by atoms with Crippen LogP contribution in [-0.4, -0.2) is 11.4 Å². The molecule has 1 amide bonds. The van der Waals surface area contributed by atoms with E-state index in [1.165, 1.54) is 17.0 Å². The van der Waals surface area contributed by atoms with E-state index in [9.17, 15) is 18.0 Å². The SMILES string of the molecule is CC1(C)Nc2cc(F)c(F)cc2N(Cc2ccc(F)cc2)C1=O. The van der Waals surface area contributed by atoms with Crippen LogP contribution in [0.2, 0.25) is 0 Å². The van der Waals surface area contributed by atoms with Crippen LogP contribution in [0.4, 0.5) is 24.5 Å². The third-order valence-electron chi connectivity index (χ3n) is 3.81. The molecule has 0 unspecified atom stereocenters. The van der Waals surface area contributed by atoms with Gasteiger partial charge in [0.25, 0.3) is 5.91 Å². The van der Waals surface area contributed by atoms with Crippen molar-refractivity contribution >= 4 is 17.3 Å². The van der Waals surface area contributed by atoms with Crippen molar-refractivity contribution in [1.82, 2.24) is 0 Å². The van der Waals surface area contributed by atoms with Crippen molar-refractivity contribution in [2.45, 2.75) is 25.9 Å². The predicted octanol–water partition coefficient (Wildman–Crippen LogP) is 3.84. The molecule has 0 saturated heterocycles. The molecule has 2 aromatic carbocycles. The van der Waals surface area contributed by atoms with E-state index in [1.54, 1.807) is 26.0 Å². The topological polar surface area (TPSA) is 32.3 Å². The Hall–Kier alpha value is -2.50. The minimum atomic E-state index is -1.03. The molecule has 0 saturated carbocycles. The molecule has 0 aliphatic carbocycles. The first-order valence-corrected chi connectivity index (χ1v) is 7.11. The van der Waals surface area contributed by atoms with Crippen LogP contribution in [-0.2, 0) is 11.3 Å². The Morgan fingerprint density at radius 1 is 1.04 bits per heavy atom. The minimum Gasteiger partial charge on any atom is -0.370 e. The van der Waals surface area contributed by atoms with E-state index in [4.69, 9.17) is 0 Å². The van der Waals surface area contributed by atoms with Gasteiger partial charge in [-0.25, -0.2) is 13.2 Å². The molecule has 120 valence electrons. The fourth-order valence-electron chi connectivity index (χ4n) is 2.63. The van der Waals surface area contributed by atoms with Gasteiger partial charge in [-0.05, 0) is 31.5 Å². The summed E-state index contributed by atoms with van der Waals surface area (Å²) in [7, 11) is 0. The van der Waals surface area contributed by atoms with E-state index < -0.39 is 17.2 Å². The van der Waals surface area contributed by atoms with Crippen molar-refractivity contribution < 1.29 is 18.0 Å². The average Bonchev–Trinajstić information content (AvgIpc) is 2.48. The highest BCUT2D eigenvalue weighted by Gasteiger charge is 2.39. The first kappa shape index (κ1) is 15.4. The Labute approximate surface area is 131 Å². The quantitative estimate of drug-likeness (QED) is 0.912. The number of nitrogens with one attached hydrogen (secondary N) is 1. The number of hydrogen-bond donors (Lipinski definition) is 1. The first-order chi connectivity index (χ1) is 10.8. The van der Waals surface area contributed by atoms with E-state index in [2.05, 4.69) is 5.32 Å². The van der Waals surface area contributed by atoms with Crippen LogP contribution < -0.4 is 10.2 Å². The number of nitrogens with zero attached hydrogens (tertiary/aromatic N) is 1. The van der Waals surface area contributed by atoms with Crippen molar-refractivity contribution in [3.63, 3.8) is 0 Å². The number of amides is 1. The summed E-state index contributed by atoms with van der Waals surface area (Å²) in [6.45, 7) is 3.47. The number of benzene rings is 2. The van der Waals surface area contributed by atoms with Crippen LogP contribution in [0.5, 0.6) is 0 Å². The Bertz CT molecular complexity index is 772. The number of anilines is 2. The highest BCUT2D eigenvalue weighted by molar-refractivity contribution is 6.07. The van der Waals surface area contributed by atoms with Crippen LogP contribution >= 0.6 is 0 Å². The molecular formula is C17H15F3N2O. The summed E-state index contributed by atoms with van der Waals surface area (Å²) in [6.07, 6.45) is 0. The molecule has 1 N–H and O–H groups in total. The van der Waals surface area contributed by atoms with Crippen LogP contribution in [0.15, 0.2) is 36.4 Å². The zero-order valence-electron chi connectivity index (χ0n) is 12.7. The molecular weight excluding hydrogens is 305 g/mol. The van der Waals surface area contributed by atoms with Gasteiger partial charge in [-0.3, -0.25) is 4.79 Å². The molecule has 0 radical (unpaired) electrons. The Morgan fingerprint density at radius 3 is 2.30 bits per heavy atom. The van der Waals surface area contributed by atoms with Gasteiger partial charge in [0.1, 0.15) is 11.4 Å². The molecule has 0 aromatic heterocycles. The molecule has 0 atom stereocenters. The van der Waals surface area contributed by atoms with Crippen molar-refractivity contribution in [1.29, 1.82) is 0 Å². The standard InChI is InChI=1S/C17H15F3N2O/c1-17(2)16(23)22(9-10-3-5-11(18)6-4-10)15-8-13(20)12(19)7-14(15)21-17/h3-8,21H,9H2,1-2H3. The maximum Gasteiger partial charge on any atom is 0.252 e. The van der Waals surface area contributed by atoms with E-state index in [0.29, 0.717) is 11.3 Å². The van der Waals surface area contributed by atoms with Crippen molar-refractivity contribution in [3.8, 4) is 0 Å². The summed E-state index contributed by atoms with van der Waals surface area (Å²) in [6, 6.07) is 7.72. The molecule has 0 spiro atoms. The lowest BCUT2D eigenvalue weighted by Crippen LogP contribution is -2.53. The van der Waals surface area contributed by atoms with E-state index in [-0.39, 0.29) is 24.0 Å². The summed E-state index contributed by atoms with van der Waals surface area (Å²) < 4.78 is 40.1. The number of halogens is 3. The predicted molar refractivity (Wildman–Crippen MR) is 81.6 cm³/mol. The second kappa shape index (κ2) is 5.30. The number of fused-ring (bicyclic) bond motifs is 1. The summed E-state index contributed by atoms with van der Waals surface area (Å²) in [5.74, 6) is -2.67. The smallest absolute Gasteiger partial charge is 0.252 e. The lowest BCUT2D eigenvalue weighted by molar-refractivity contribution is -0.122. The van der Waals surface area contributed by atoms with E-state index in [1.807, 2.05) is 0 Å². The Morgan fingerprint density at radius 2 is 1.65 bits per heavy atom. The van der Waals surface area contributed by atoms with Crippen LogP contribution in [0, 0.1) is 17.5 Å². The van der Waals surface area contributed by atoms with E-state index >= 15 is 0 Å². The second-order valence-corrected chi connectivity index (χ2v) is 6.05. The van der Waals surface area contributed by atoms with Gasteiger partial charge in [0.15, 0.2) is 11.6 Å². The fraction of sp³-hybridized carbons (Fsp3) is 0.235. The third-order valence-corrected chi connectivity index (χ3v) is 3.81. The molecule has 3 nitrogen and oxygen atoms in total. The van der Waals surface area contributed by atoms with Crippen molar-refractivity contribution in [2.24, 2.45) is 0 Å². The van der Waals surface area contributed by atoms with Gasteiger partial charge < -0.3 is 10.2 Å². The molecule has 0 bridgehead atoms. The zero-order valence-corrected chi connectivity index (χ0v) is 12.7. The molecule has 3 rings (SSSR count). The van der Waals surface area contributed by atoms with Gasteiger partial charge >= 0.3 is 0 Å². The highest BCUT2D eigenvalue weighted by atomic mass is 19.2. The monoisotopic (exact) mass is 320 g/mol. The Kier molecular flexibility index (Phi) is 3.55. The summed E-state index contributed by atoms with van der Waals surface area (Å²) >= 11 is 0. The average molecular weight is 320 g/mol. The van der Waals surface area contributed by atoms with Crippen molar-refractivity contribution in [2.75, 3.05) is 10.2 Å². The van der Waals surface area contributed by atoms with Crippen LogP contribution in [0.25, 0.3) is 0 Å². The van der Waals surface area contributed by atoms with Gasteiger partial charge in [-0.15, -0.1) is 0 Å². The lowest BCUT2D eigenvalue weighted by atomic mass is 9.97. The van der Waals surface area contributed by atoms with Gasteiger partial charge in [-0.1, -0.05) is 12.1 Å². The zero-order chi connectivity index (χ0) is 16.8. The molecule has 1 heterocycles. The fourth-order valence-corrected chi connectivity index (χ4v) is 2.63.